The molecule has 2 amide bonds. The van der Waals surface area contributed by atoms with Gasteiger partial charge in [-0.25, -0.2) is 0 Å². The van der Waals surface area contributed by atoms with E-state index in [0.717, 1.165) is 31.6 Å². The van der Waals surface area contributed by atoms with E-state index in [1.165, 1.54) is 23.1 Å². The lowest BCUT2D eigenvalue weighted by Gasteiger charge is -2.29. The van der Waals surface area contributed by atoms with E-state index >= 15 is 0 Å². The number of nitro benzene ring substituents is 1. The number of para-hydroxylation sites is 1. The van der Waals surface area contributed by atoms with Crippen molar-refractivity contribution in [3.63, 3.8) is 0 Å². The van der Waals surface area contributed by atoms with Crippen molar-refractivity contribution in [1.82, 2.24) is 5.32 Å². The molecule has 2 aliphatic rings. The third-order valence-corrected chi connectivity index (χ3v) is 6.43. The van der Waals surface area contributed by atoms with Crippen LogP contribution in [0, 0.1) is 10.1 Å². The molecule has 37 heavy (non-hydrogen) atoms. The Kier molecular flexibility index (Phi) is 6.65. The molecule has 0 unspecified atom stereocenters. The Hall–Kier alpha value is -4.57. The Balaban J connectivity index is 1.47. The van der Waals surface area contributed by atoms with E-state index in [2.05, 4.69) is 10.2 Å². The molecule has 2 saturated heterocycles. The number of rotatable bonds is 6. The third kappa shape index (κ3) is 5.05. The van der Waals surface area contributed by atoms with E-state index in [-0.39, 0.29) is 16.4 Å². The van der Waals surface area contributed by atoms with Crippen LogP contribution in [0.4, 0.5) is 17.1 Å². The molecular formula is C27H22N4O5S. The number of anilines is 2. The first-order chi connectivity index (χ1) is 17.9. The van der Waals surface area contributed by atoms with Gasteiger partial charge in [0.2, 0.25) is 0 Å². The molecule has 0 saturated carbocycles. The molecule has 0 atom stereocenters. The van der Waals surface area contributed by atoms with Gasteiger partial charge in [-0.15, -0.1) is 0 Å². The molecule has 0 aliphatic carbocycles. The van der Waals surface area contributed by atoms with Crippen LogP contribution in [0.15, 0.2) is 78.4 Å². The van der Waals surface area contributed by atoms with E-state index in [4.69, 9.17) is 17.0 Å². The van der Waals surface area contributed by atoms with Crippen molar-refractivity contribution in [2.45, 2.75) is 12.8 Å². The predicted octanol–water partition coefficient (Wildman–Crippen LogP) is 4.82. The molecule has 10 heteroatoms. The van der Waals surface area contributed by atoms with Gasteiger partial charge in [-0.05, 0) is 73.6 Å². The summed E-state index contributed by atoms with van der Waals surface area (Å²) in [6.45, 7) is 1.59. The second-order valence-electron chi connectivity index (χ2n) is 8.56. The SMILES string of the molecule is O=C1NC(=S)N(c2ccc(Oc3ccccc3)cc2)C(=O)/C1=C/c1cc([N+](=O)[O-])ccc1N1CCCC1. The first-order valence-electron chi connectivity index (χ1n) is 11.7. The highest BCUT2D eigenvalue weighted by molar-refractivity contribution is 7.80. The van der Waals surface area contributed by atoms with Crippen molar-refractivity contribution < 1.29 is 19.2 Å². The van der Waals surface area contributed by atoms with Gasteiger partial charge in [0.05, 0.1) is 10.6 Å². The van der Waals surface area contributed by atoms with E-state index in [0.29, 0.717) is 22.7 Å². The highest BCUT2D eigenvalue weighted by Crippen LogP contribution is 2.32. The van der Waals surface area contributed by atoms with Gasteiger partial charge in [0.1, 0.15) is 17.1 Å². The minimum Gasteiger partial charge on any atom is -0.457 e. The van der Waals surface area contributed by atoms with Gasteiger partial charge in [0.15, 0.2) is 5.11 Å². The number of nitrogens with one attached hydrogen (secondary N) is 1. The monoisotopic (exact) mass is 514 g/mol. The number of carbonyl (C=O) groups is 2. The van der Waals surface area contributed by atoms with Crippen LogP contribution in [-0.2, 0) is 9.59 Å². The van der Waals surface area contributed by atoms with Crippen LogP contribution in [0.3, 0.4) is 0 Å². The lowest BCUT2D eigenvalue weighted by atomic mass is 10.0. The van der Waals surface area contributed by atoms with Gasteiger partial charge in [-0.2, -0.15) is 0 Å². The maximum absolute atomic E-state index is 13.5. The number of carbonyl (C=O) groups excluding carboxylic acids is 2. The number of amides is 2. The van der Waals surface area contributed by atoms with Crippen LogP contribution < -0.4 is 19.9 Å². The number of hydrogen-bond donors (Lipinski definition) is 1. The highest BCUT2D eigenvalue weighted by Gasteiger charge is 2.35. The van der Waals surface area contributed by atoms with E-state index in [1.807, 2.05) is 30.3 Å². The Bertz CT molecular complexity index is 1420. The van der Waals surface area contributed by atoms with Gasteiger partial charge in [-0.3, -0.25) is 29.9 Å². The minimum atomic E-state index is -0.658. The molecular weight excluding hydrogens is 492 g/mol. The van der Waals surface area contributed by atoms with Crippen molar-refractivity contribution in [2.24, 2.45) is 0 Å². The van der Waals surface area contributed by atoms with Crippen molar-refractivity contribution in [1.29, 1.82) is 0 Å². The van der Waals surface area contributed by atoms with Crippen molar-refractivity contribution in [3.05, 3.63) is 94.0 Å². The first kappa shape index (κ1) is 24.1. The zero-order chi connectivity index (χ0) is 25.9. The lowest BCUT2D eigenvalue weighted by molar-refractivity contribution is -0.384. The van der Waals surface area contributed by atoms with Gasteiger partial charge in [0, 0.05) is 36.5 Å². The number of non-ortho nitro benzene ring substituents is 1. The largest absolute Gasteiger partial charge is 0.457 e. The van der Waals surface area contributed by atoms with Gasteiger partial charge < -0.3 is 9.64 Å². The quantitative estimate of drug-likeness (QED) is 0.165. The predicted molar refractivity (Wildman–Crippen MR) is 144 cm³/mol. The fourth-order valence-electron chi connectivity index (χ4n) is 4.35. The maximum Gasteiger partial charge on any atom is 0.270 e. The van der Waals surface area contributed by atoms with Crippen LogP contribution >= 0.6 is 12.2 Å². The topological polar surface area (TPSA) is 105 Å². The van der Waals surface area contributed by atoms with Crippen molar-refractivity contribution in [3.8, 4) is 11.5 Å². The molecule has 9 nitrogen and oxygen atoms in total. The molecule has 5 rings (SSSR count). The first-order valence-corrected chi connectivity index (χ1v) is 12.1. The van der Waals surface area contributed by atoms with Gasteiger partial charge in [0.25, 0.3) is 17.5 Å². The molecule has 3 aromatic rings. The molecule has 2 fully saturated rings. The zero-order valence-corrected chi connectivity index (χ0v) is 20.4. The van der Waals surface area contributed by atoms with E-state index < -0.39 is 16.7 Å². The van der Waals surface area contributed by atoms with Crippen LogP contribution in [0.25, 0.3) is 6.08 Å². The number of nitrogens with zero attached hydrogens (tertiary/aromatic N) is 3. The maximum atomic E-state index is 13.5. The molecule has 3 aromatic carbocycles. The number of ether oxygens (including phenoxy) is 1. The van der Waals surface area contributed by atoms with Crippen molar-refractivity contribution in [2.75, 3.05) is 22.9 Å². The van der Waals surface area contributed by atoms with Crippen LogP contribution in [0.2, 0.25) is 0 Å². The van der Waals surface area contributed by atoms with E-state index in [1.54, 1.807) is 30.3 Å². The van der Waals surface area contributed by atoms with E-state index in [9.17, 15) is 19.7 Å². The fourth-order valence-corrected chi connectivity index (χ4v) is 4.63. The lowest BCUT2D eigenvalue weighted by Crippen LogP contribution is -2.54. The standard InChI is InChI=1S/C27H22N4O5S/c32-25-23(17-18-16-20(31(34)35)10-13-24(18)29-14-4-5-15-29)26(33)30(27(37)28-25)19-8-11-22(12-9-19)36-21-6-2-1-3-7-21/h1-3,6-13,16-17H,4-5,14-15H2,(H,28,32,37)/b23-17+. The molecule has 0 radical (unpaired) electrons. The number of benzene rings is 3. The number of hydrogen-bond acceptors (Lipinski definition) is 7. The molecule has 2 aliphatic heterocycles. The summed E-state index contributed by atoms with van der Waals surface area (Å²) in [6.07, 6.45) is 3.40. The molecule has 0 spiro atoms. The second kappa shape index (κ2) is 10.2. The minimum absolute atomic E-state index is 0.0531. The summed E-state index contributed by atoms with van der Waals surface area (Å²) in [5.74, 6) is -0.0430. The summed E-state index contributed by atoms with van der Waals surface area (Å²) in [7, 11) is 0. The second-order valence-corrected chi connectivity index (χ2v) is 8.95. The average molecular weight is 515 g/mol. The Labute approximate surface area is 218 Å². The Morgan fingerprint density at radius 1 is 0.946 bits per heavy atom. The third-order valence-electron chi connectivity index (χ3n) is 6.14. The zero-order valence-electron chi connectivity index (χ0n) is 19.6. The molecule has 186 valence electrons. The summed E-state index contributed by atoms with van der Waals surface area (Å²) in [5.41, 5.74) is 1.31. The fraction of sp³-hybridized carbons (Fsp3) is 0.148. The summed E-state index contributed by atoms with van der Waals surface area (Å²) >= 11 is 5.30. The summed E-state index contributed by atoms with van der Waals surface area (Å²) in [4.78, 5) is 40.6. The summed E-state index contributed by atoms with van der Waals surface area (Å²) < 4.78 is 5.81. The normalized spacial score (nSPS) is 16.8. The molecule has 2 heterocycles. The molecule has 1 N–H and O–H groups in total. The van der Waals surface area contributed by atoms with Crippen LogP contribution in [-0.4, -0.2) is 34.9 Å². The Morgan fingerprint density at radius 3 is 2.30 bits per heavy atom. The molecule has 0 bridgehead atoms. The number of thiocarbonyl (C=S) groups is 1. The van der Waals surface area contributed by atoms with Crippen LogP contribution in [0.5, 0.6) is 11.5 Å². The average Bonchev–Trinajstić information content (AvgIpc) is 3.43. The van der Waals surface area contributed by atoms with Gasteiger partial charge in [-0.1, -0.05) is 18.2 Å². The molecule has 0 aromatic heterocycles. The number of nitro groups is 1. The van der Waals surface area contributed by atoms with Crippen LogP contribution in [0.1, 0.15) is 18.4 Å². The highest BCUT2D eigenvalue weighted by atomic mass is 32.1. The summed E-state index contributed by atoms with van der Waals surface area (Å²) in [6, 6.07) is 20.5. The van der Waals surface area contributed by atoms with Gasteiger partial charge >= 0.3 is 0 Å². The van der Waals surface area contributed by atoms with Crippen molar-refractivity contribution >= 4 is 52.3 Å². The Morgan fingerprint density at radius 2 is 1.62 bits per heavy atom. The smallest absolute Gasteiger partial charge is 0.270 e. The summed E-state index contributed by atoms with van der Waals surface area (Å²) in [5, 5.41) is 13.9.